The lowest BCUT2D eigenvalue weighted by Gasteiger charge is -2.11. The molecule has 1 N–H and O–H groups in total. The SMILES string of the molecule is O=C(NCCc1cccc(Cl)c1)c1nn(-c2ccccc2)c(=O)c2ccccc12. The Morgan fingerprint density at radius 2 is 1.66 bits per heavy atom. The van der Waals surface area contributed by atoms with Crippen LogP contribution >= 0.6 is 11.6 Å². The molecular formula is C23H18ClN3O2. The number of rotatable bonds is 5. The molecule has 1 amide bonds. The van der Waals surface area contributed by atoms with Crippen LogP contribution in [-0.2, 0) is 6.42 Å². The molecule has 0 saturated heterocycles. The number of nitrogens with one attached hydrogen (secondary N) is 1. The molecule has 0 radical (unpaired) electrons. The van der Waals surface area contributed by atoms with E-state index in [1.54, 1.807) is 36.4 Å². The van der Waals surface area contributed by atoms with Gasteiger partial charge >= 0.3 is 0 Å². The number of hydrogen-bond acceptors (Lipinski definition) is 3. The second-order valence-corrected chi connectivity index (χ2v) is 7.02. The van der Waals surface area contributed by atoms with Crippen molar-refractivity contribution in [2.24, 2.45) is 0 Å². The molecule has 1 heterocycles. The zero-order valence-corrected chi connectivity index (χ0v) is 16.3. The summed E-state index contributed by atoms with van der Waals surface area (Å²) in [4.78, 5) is 25.8. The minimum Gasteiger partial charge on any atom is -0.350 e. The number of amides is 1. The van der Waals surface area contributed by atoms with Crippen molar-refractivity contribution in [3.8, 4) is 5.69 Å². The van der Waals surface area contributed by atoms with Gasteiger partial charge < -0.3 is 5.32 Å². The predicted molar refractivity (Wildman–Crippen MR) is 115 cm³/mol. The van der Waals surface area contributed by atoms with E-state index in [2.05, 4.69) is 10.4 Å². The molecule has 3 aromatic carbocycles. The molecule has 5 nitrogen and oxygen atoms in total. The number of hydrogen-bond donors (Lipinski definition) is 1. The summed E-state index contributed by atoms with van der Waals surface area (Å²) in [5, 5.41) is 8.92. The molecular weight excluding hydrogens is 386 g/mol. The minimum atomic E-state index is -0.326. The second kappa shape index (κ2) is 8.29. The van der Waals surface area contributed by atoms with E-state index in [4.69, 9.17) is 11.6 Å². The van der Waals surface area contributed by atoms with Crippen LogP contribution in [0.5, 0.6) is 0 Å². The summed E-state index contributed by atoms with van der Waals surface area (Å²) in [5.74, 6) is -0.326. The second-order valence-electron chi connectivity index (χ2n) is 6.58. The Hall–Kier alpha value is -3.44. The van der Waals surface area contributed by atoms with Gasteiger partial charge in [-0.1, -0.05) is 60.1 Å². The van der Waals surface area contributed by atoms with Crippen molar-refractivity contribution in [1.29, 1.82) is 0 Å². The van der Waals surface area contributed by atoms with E-state index in [0.717, 1.165) is 5.56 Å². The summed E-state index contributed by atoms with van der Waals surface area (Å²) in [5.41, 5.74) is 1.60. The van der Waals surface area contributed by atoms with Crippen LogP contribution in [0, 0.1) is 0 Å². The first kappa shape index (κ1) is 18.9. The average molecular weight is 404 g/mol. The Morgan fingerprint density at radius 3 is 2.41 bits per heavy atom. The Morgan fingerprint density at radius 1 is 0.931 bits per heavy atom. The highest BCUT2D eigenvalue weighted by Gasteiger charge is 2.17. The normalized spacial score (nSPS) is 10.8. The van der Waals surface area contributed by atoms with E-state index in [-0.39, 0.29) is 17.2 Å². The van der Waals surface area contributed by atoms with Gasteiger partial charge in [0, 0.05) is 17.0 Å². The van der Waals surface area contributed by atoms with Gasteiger partial charge in [-0.2, -0.15) is 9.78 Å². The van der Waals surface area contributed by atoms with E-state index in [9.17, 15) is 9.59 Å². The first-order valence-electron chi connectivity index (χ1n) is 9.23. The van der Waals surface area contributed by atoms with Crippen LogP contribution in [0.15, 0.2) is 83.7 Å². The van der Waals surface area contributed by atoms with Gasteiger partial charge in [-0.15, -0.1) is 0 Å². The van der Waals surface area contributed by atoms with Crippen LogP contribution in [0.2, 0.25) is 5.02 Å². The van der Waals surface area contributed by atoms with Gasteiger partial charge in [0.2, 0.25) is 0 Å². The van der Waals surface area contributed by atoms with Gasteiger partial charge in [0.05, 0.1) is 11.1 Å². The minimum absolute atomic E-state index is 0.218. The Balaban J connectivity index is 1.66. The number of carbonyl (C=O) groups excluding carboxylic acids is 1. The van der Waals surface area contributed by atoms with Crippen molar-refractivity contribution in [1.82, 2.24) is 15.1 Å². The zero-order chi connectivity index (χ0) is 20.2. The standard InChI is InChI=1S/C23H18ClN3O2/c24-17-8-6-7-16(15-17)13-14-25-22(28)21-19-11-4-5-12-20(19)23(29)27(26-21)18-9-2-1-3-10-18/h1-12,15H,13-14H2,(H,25,28). The van der Waals surface area contributed by atoms with Crippen molar-refractivity contribution >= 4 is 28.3 Å². The highest BCUT2D eigenvalue weighted by Crippen LogP contribution is 2.15. The molecule has 0 aliphatic rings. The fourth-order valence-electron chi connectivity index (χ4n) is 3.20. The summed E-state index contributed by atoms with van der Waals surface area (Å²) in [6.45, 7) is 0.430. The third-order valence-electron chi connectivity index (χ3n) is 4.61. The quantitative estimate of drug-likeness (QED) is 0.547. The number of fused-ring (bicyclic) bond motifs is 1. The molecule has 4 rings (SSSR count). The molecule has 0 unspecified atom stereocenters. The van der Waals surface area contributed by atoms with E-state index >= 15 is 0 Å². The molecule has 0 saturated carbocycles. The smallest absolute Gasteiger partial charge is 0.279 e. The number of aromatic nitrogens is 2. The molecule has 0 aliphatic carbocycles. The van der Waals surface area contributed by atoms with E-state index in [1.165, 1.54) is 4.68 Å². The summed E-state index contributed by atoms with van der Waals surface area (Å²) in [6.07, 6.45) is 0.641. The van der Waals surface area contributed by atoms with Crippen LogP contribution in [0.3, 0.4) is 0 Å². The summed E-state index contributed by atoms with van der Waals surface area (Å²) in [6, 6.07) is 23.6. The van der Waals surface area contributed by atoms with Crippen LogP contribution in [0.1, 0.15) is 16.1 Å². The number of nitrogens with zero attached hydrogens (tertiary/aromatic N) is 2. The average Bonchev–Trinajstić information content (AvgIpc) is 2.75. The van der Waals surface area contributed by atoms with Gasteiger partial charge in [-0.25, -0.2) is 0 Å². The molecule has 0 bridgehead atoms. The number of benzene rings is 3. The largest absolute Gasteiger partial charge is 0.350 e. The van der Waals surface area contributed by atoms with Crippen molar-refractivity contribution in [3.05, 3.63) is 105 Å². The van der Waals surface area contributed by atoms with Crippen molar-refractivity contribution in [2.45, 2.75) is 6.42 Å². The maximum Gasteiger partial charge on any atom is 0.279 e. The molecule has 6 heteroatoms. The molecule has 0 atom stereocenters. The van der Waals surface area contributed by atoms with Crippen LogP contribution in [0.25, 0.3) is 16.5 Å². The first-order valence-corrected chi connectivity index (χ1v) is 9.61. The van der Waals surface area contributed by atoms with E-state index in [1.807, 2.05) is 42.5 Å². The highest BCUT2D eigenvalue weighted by molar-refractivity contribution is 6.30. The van der Waals surface area contributed by atoms with Crippen molar-refractivity contribution in [3.63, 3.8) is 0 Å². The first-order chi connectivity index (χ1) is 14.1. The predicted octanol–water partition coefficient (Wildman–Crippen LogP) is 4.01. The van der Waals surface area contributed by atoms with E-state index < -0.39 is 0 Å². The Kier molecular flexibility index (Phi) is 5.40. The molecule has 144 valence electrons. The molecule has 29 heavy (non-hydrogen) atoms. The fourth-order valence-corrected chi connectivity index (χ4v) is 3.41. The van der Waals surface area contributed by atoms with Gasteiger partial charge in [-0.05, 0) is 42.3 Å². The van der Waals surface area contributed by atoms with E-state index in [0.29, 0.717) is 34.4 Å². The topological polar surface area (TPSA) is 64.0 Å². The van der Waals surface area contributed by atoms with Crippen LogP contribution < -0.4 is 10.9 Å². The summed E-state index contributed by atoms with van der Waals surface area (Å²) in [7, 11) is 0. The molecule has 0 spiro atoms. The molecule has 4 aromatic rings. The lowest BCUT2D eigenvalue weighted by Crippen LogP contribution is -2.31. The summed E-state index contributed by atoms with van der Waals surface area (Å²) < 4.78 is 1.27. The van der Waals surface area contributed by atoms with Crippen LogP contribution in [-0.4, -0.2) is 22.2 Å². The van der Waals surface area contributed by atoms with Crippen molar-refractivity contribution in [2.75, 3.05) is 6.54 Å². The maximum absolute atomic E-state index is 12.9. The van der Waals surface area contributed by atoms with Gasteiger partial charge in [0.25, 0.3) is 11.5 Å². The number of para-hydroxylation sites is 1. The maximum atomic E-state index is 12.9. The molecule has 0 aliphatic heterocycles. The third-order valence-corrected chi connectivity index (χ3v) is 4.84. The van der Waals surface area contributed by atoms with Gasteiger partial charge in [-0.3, -0.25) is 9.59 Å². The fraction of sp³-hybridized carbons (Fsp3) is 0.0870. The van der Waals surface area contributed by atoms with Gasteiger partial charge in [0.15, 0.2) is 5.69 Å². The highest BCUT2D eigenvalue weighted by atomic mass is 35.5. The molecule has 0 fully saturated rings. The van der Waals surface area contributed by atoms with Gasteiger partial charge in [0.1, 0.15) is 0 Å². The van der Waals surface area contributed by atoms with Crippen LogP contribution in [0.4, 0.5) is 0 Å². The zero-order valence-electron chi connectivity index (χ0n) is 15.5. The third kappa shape index (κ3) is 4.05. The number of halogens is 1. The monoisotopic (exact) mass is 403 g/mol. The molecule has 1 aromatic heterocycles. The Labute approximate surface area is 172 Å². The van der Waals surface area contributed by atoms with Crippen molar-refractivity contribution < 1.29 is 4.79 Å². The summed E-state index contributed by atoms with van der Waals surface area (Å²) >= 11 is 6.01. The lowest BCUT2D eigenvalue weighted by molar-refractivity contribution is 0.0949. The Bertz CT molecular complexity index is 1240. The number of carbonyl (C=O) groups is 1. The lowest BCUT2D eigenvalue weighted by atomic mass is 10.1.